The van der Waals surface area contributed by atoms with Gasteiger partial charge >= 0.3 is 6.09 Å². The van der Waals surface area contributed by atoms with E-state index in [-0.39, 0.29) is 6.09 Å². The standard InChI is InChI=1S/C16H28N4O2/c1-12-14(11-19(5)18-12)17-9-13-7-6-8-20(10-13)15(21)22-16(2,3)4/h11,13,17H,6-10H2,1-5H3/t13-/m1/s1. The number of anilines is 1. The lowest BCUT2D eigenvalue weighted by atomic mass is 9.98. The predicted molar refractivity (Wildman–Crippen MR) is 87.0 cm³/mol. The summed E-state index contributed by atoms with van der Waals surface area (Å²) in [6.07, 6.45) is 3.95. The van der Waals surface area contributed by atoms with Crippen LogP contribution in [0.2, 0.25) is 0 Å². The predicted octanol–water partition coefficient (Wildman–Crippen LogP) is 2.79. The molecule has 2 heterocycles. The largest absolute Gasteiger partial charge is 0.444 e. The second-order valence-corrected chi connectivity index (χ2v) is 7.12. The van der Waals surface area contributed by atoms with Gasteiger partial charge in [-0.2, -0.15) is 5.10 Å². The van der Waals surface area contributed by atoms with Crippen molar-refractivity contribution in [3.63, 3.8) is 0 Å². The molecule has 0 radical (unpaired) electrons. The summed E-state index contributed by atoms with van der Waals surface area (Å²) in [5.74, 6) is 0.445. The molecule has 22 heavy (non-hydrogen) atoms. The van der Waals surface area contributed by atoms with Gasteiger partial charge in [-0.15, -0.1) is 0 Å². The van der Waals surface area contributed by atoms with Gasteiger partial charge in [0.25, 0.3) is 0 Å². The summed E-state index contributed by atoms with van der Waals surface area (Å²) >= 11 is 0. The first-order valence-corrected chi connectivity index (χ1v) is 7.96. The van der Waals surface area contributed by atoms with E-state index in [1.165, 1.54) is 0 Å². The minimum atomic E-state index is -0.435. The topological polar surface area (TPSA) is 59.4 Å². The van der Waals surface area contributed by atoms with Crippen molar-refractivity contribution < 1.29 is 9.53 Å². The maximum atomic E-state index is 12.2. The van der Waals surface area contributed by atoms with Crippen LogP contribution < -0.4 is 5.32 Å². The van der Waals surface area contributed by atoms with Crippen LogP contribution in [0.25, 0.3) is 0 Å². The van der Waals surface area contributed by atoms with Gasteiger partial charge in [0.05, 0.1) is 11.4 Å². The van der Waals surface area contributed by atoms with Gasteiger partial charge in [0.2, 0.25) is 0 Å². The van der Waals surface area contributed by atoms with Gasteiger partial charge in [0.15, 0.2) is 0 Å². The molecular formula is C16H28N4O2. The van der Waals surface area contributed by atoms with E-state index in [2.05, 4.69) is 10.4 Å². The molecule has 1 fully saturated rings. The fourth-order valence-corrected chi connectivity index (χ4v) is 2.75. The Hall–Kier alpha value is -1.72. The average molecular weight is 308 g/mol. The lowest BCUT2D eigenvalue weighted by Crippen LogP contribution is -2.44. The minimum Gasteiger partial charge on any atom is -0.444 e. The van der Waals surface area contributed by atoms with Gasteiger partial charge in [-0.25, -0.2) is 4.79 Å². The molecule has 124 valence electrons. The number of nitrogens with one attached hydrogen (secondary N) is 1. The van der Waals surface area contributed by atoms with Crippen LogP contribution in [-0.2, 0) is 11.8 Å². The molecule has 0 aliphatic carbocycles. The highest BCUT2D eigenvalue weighted by Gasteiger charge is 2.27. The van der Waals surface area contributed by atoms with Crippen LogP contribution in [0.3, 0.4) is 0 Å². The molecule has 1 aromatic heterocycles. The van der Waals surface area contributed by atoms with Crippen molar-refractivity contribution in [2.24, 2.45) is 13.0 Å². The number of piperidine rings is 1. The second-order valence-electron chi connectivity index (χ2n) is 7.12. The zero-order valence-corrected chi connectivity index (χ0v) is 14.3. The molecule has 0 saturated carbocycles. The monoisotopic (exact) mass is 308 g/mol. The van der Waals surface area contributed by atoms with E-state index < -0.39 is 5.60 Å². The summed E-state index contributed by atoms with van der Waals surface area (Å²) in [5.41, 5.74) is 1.63. The van der Waals surface area contributed by atoms with Gasteiger partial charge in [-0.3, -0.25) is 4.68 Å². The number of aryl methyl sites for hydroxylation is 2. The maximum Gasteiger partial charge on any atom is 0.410 e. The first-order valence-electron chi connectivity index (χ1n) is 7.96. The number of hydrogen-bond acceptors (Lipinski definition) is 4. The fourth-order valence-electron chi connectivity index (χ4n) is 2.75. The van der Waals surface area contributed by atoms with Gasteiger partial charge in [0.1, 0.15) is 5.60 Å². The van der Waals surface area contributed by atoms with E-state index in [9.17, 15) is 4.79 Å². The zero-order valence-electron chi connectivity index (χ0n) is 14.3. The Kier molecular flexibility index (Phi) is 4.98. The van der Waals surface area contributed by atoms with Crippen LogP contribution in [0.1, 0.15) is 39.3 Å². The molecule has 1 amide bonds. The lowest BCUT2D eigenvalue weighted by molar-refractivity contribution is 0.0172. The quantitative estimate of drug-likeness (QED) is 0.933. The van der Waals surface area contributed by atoms with Crippen LogP contribution in [0.4, 0.5) is 10.5 Å². The van der Waals surface area contributed by atoms with Gasteiger partial charge in [-0.1, -0.05) is 0 Å². The van der Waals surface area contributed by atoms with E-state index >= 15 is 0 Å². The van der Waals surface area contributed by atoms with Crippen LogP contribution in [0, 0.1) is 12.8 Å². The Morgan fingerprint density at radius 1 is 1.50 bits per heavy atom. The van der Waals surface area contributed by atoms with Crippen molar-refractivity contribution in [2.45, 2.75) is 46.1 Å². The van der Waals surface area contributed by atoms with Gasteiger partial charge in [0, 0.05) is 32.9 Å². The Balaban J connectivity index is 1.85. The molecule has 1 saturated heterocycles. The summed E-state index contributed by atoms with van der Waals surface area (Å²) in [6, 6.07) is 0. The third-order valence-electron chi connectivity index (χ3n) is 3.77. The van der Waals surface area contributed by atoms with E-state index in [0.29, 0.717) is 5.92 Å². The summed E-state index contributed by atoms with van der Waals surface area (Å²) in [7, 11) is 1.92. The lowest BCUT2D eigenvalue weighted by Gasteiger charge is -2.34. The molecule has 0 spiro atoms. The van der Waals surface area contributed by atoms with Crippen molar-refractivity contribution in [3.05, 3.63) is 11.9 Å². The van der Waals surface area contributed by atoms with Crippen LogP contribution in [0.5, 0.6) is 0 Å². The normalized spacial score (nSPS) is 19.1. The molecule has 0 aromatic carbocycles. The number of ether oxygens (including phenoxy) is 1. The Bertz CT molecular complexity index is 519. The highest BCUT2D eigenvalue weighted by atomic mass is 16.6. The summed E-state index contributed by atoms with van der Waals surface area (Å²) in [6.45, 7) is 10.1. The molecule has 1 atom stereocenters. The van der Waals surface area contributed by atoms with Crippen molar-refractivity contribution in [1.82, 2.24) is 14.7 Å². The number of likely N-dealkylation sites (tertiary alicyclic amines) is 1. The minimum absolute atomic E-state index is 0.199. The zero-order chi connectivity index (χ0) is 16.3. The molecule has 0 unspecified atom stereocenters. The third-order valence-corrected chi connectivity index (χ3v) is 3.77. The number of hydrogen-bond donors (Lipinski definition) is 1. The first kappa shape index (κ1) is 16.6. The Morgan fingerprint density at radius 3 is 2.82 bits per heavy atom. The summed E-state index contributed by atoms with van der Waals surface area (Å²) in [4.78, 5) is 14.0. The van der Waals surface area contributed by atoms with E-state index in [4.69, 9.17) is 4.74 Å². The van der Waals surface area contributed by atoms with E-state index in [1.54, 1.807) is 0 Å². The van der Waals surface area contributed by atoms with Gasteiger partial charge < -0.3 is 15.0 Å². The highest BCUT2D eigenvalue weighted by molar-refractivity contribution is 5.68. The fraction of sp³-hybridized carbons (Fsp3) is 0.750. The molecule has 6 heteroatoms. The molecule has 0 bridgehead atoms. The number of aromatic nitrogens is 2. The van der Waals surface area contributed by atoms with E-state index in [1.807, 2.05) is 50.5 Å². The average Bonchev–Trinajstić information content (AvgIpc) is 2.73. The van der Waals surface area contributed by atoms with Crippen molar-refractivity contribution in [3.8, 4) is 0 Å². The van der Waals surface area contributed by atoms with Crippen LogP contribution in [0.15, 0.2) is 6.20 Å². The maximum absolute atomic E-state index is 12.2. The first-order chi connectivity index (χ1) is 10.2. The number of carbonyl (C=O) groups excluding carboxylic acids is 1. The highest BCUT2D eigenvalue weighted by Crippen LogP contribution is 2.20. The molecule has 6 nitrogen and oxygen atoms in total. The summed E-state index contributed by atoms with van der Waals surface area (Å²) in [5, 5.41) is 7.78. The molecule has 1 N–H and O–H groups in total. The van der Waals surface area contributed by atoms with Crippen molar-refractivity contribution in [1.29, 1.82) is 0 Å². The van der Waals surface area contributed by atoms with Crippen LogP contribution in [-0.4, -0.2) is 46.0 Å². The molecule has 2 rings (SSSR count). The second kappa shape index (κ2) is 6.58. The smallest absolute Gasteiger partial charge is 0.410 e. The summed E-state index contributed by atoms with van der Waals surface area (Å²) < 4.78 is 7.28. The molecule has 1 aliphatic rings. The number of carbonyl (C=O) groups is 1. The SMILES string of the molecule is Cc1nn(C)cc1NC[C@H]1CCCN(C(=O)OC(C)(C)C)C1. The molecule has 1 aromatic rings. The third kappa shape index (κ3) is 4.64. The van der Waals surface area contributed by atoms with Crippen LogP contribution >= 0.6 is 0 Å². The Labute approximate surface area is 132 Å². The van der Waals surface area contributed by atoms with Crippen molar-refractivity contribution in [2.75, 3.05) is 25.0 Å². The van der Waals surface area contributed by atoms with Crippen molar-refractivity contribution >= 4 is 11.8 Å². The van der Waals surface area contributed by atoms with Gasteiger partial charge in [-0.05, 0) is 46.5 Å². The molecule has 1 aliphatic heterocycles. The Morgan fingerprint density at radius 2 is 2.23 bits per heavy atom. The number of nitrogens with zero attached hydrogens (tertiary/aromatic N) is 3. The number of rotatable bonds is 3. The van der Waals surface area contributed by atoms with E-state index in [0.717, 1.165) is 43.9 Å². The number of amides is 1. The molecular weight excluding hydrogens is 280 g/mol.